The molecule has 0 radical (unpaired) electrons. The third-order valence-corrected chi connectivity index (χ3v) is 4.64. The Morgan fingerprint density at radius 2 is 2.08 bits per heavy atom. The Bertz CT molecular complexity index is 692. The van der Waals surface area contributed by atoms with Gasteiger partial charge >= 0.3 is 0 Å². The minimum absolute atomic E-state index is 0.119. The van der Waals surface area contributed by atoms with Crippen LogP contribution in [-0.4, -0.2) is 28.9 Å². The number of halogens is 1. The standard InChI is InChI=1S/C20H24FN3O/c21-18-8-1-2-9-19(18)23-20(25)11-10-16-6-5-13-24(14-16)15-17-7-3-4-12-22-17/h1-4,7-9,12,16H,5-6,10-11,13-15H2,(H,23,25)/t16-/m1/s1. The van der Waals surface area contributed by atoms with Crippen LogP contribution in [0.3, 0.4) is 0 Å². The molecule has 1 aromatic carbocycles. The summed E-state index contributed by atoms with van der Waals surface area (Å²) in [5, 5.41) is 2.66. The number of aromatic nitrogens is 1. The van der Waals surface area contributed by atoms with Crippen molar-refractivity contribution in [3.05, 3.63) is 60.2 Å². The molecule has 25 heavy (non-hydrogen) atoms. The topological polar surface area (TPSA) is 45.2 Å². The van der Waals surface area contributed by atoms with Crippen molar-refractivity contribution in [3.63, 3.8) is 0 Å². The Morgan fingerprint density at radius 3 is 2.88 bits per heavy atom. The number of anilines is 1. The van der Waals surface area contributed by atoms with Crippen LogP contribution < -0.4 is 5.32 Å². The van der Waals surface area contributed by atoms with E-state index in [4.69, 9.17) is 0 Å². The van der Waals surface area contributed by atoms with E-state index in [-0.39, 0.29) is 11.6 Å². The second-order valence-corrected chi connectivity index (χ2v) is 6.63. The fraction of sp³-hybridized carbons (Fsp3) is 0.400. The van der Waals surface area contributed by atoms with Gasteiger partial charge in [-0.05, 0) is 56.0 Å². The van der Waals surface area contributed by atoms with Crippen molar-refractivity contribution in [2.24, 2.45) is 5.92 Å². The van der Waals surface area contributed by atoms with Crippen LogP contribution in [0.2, 0.25) is 0 Å². The Kier molecular flexibility index (Phi) is 6.12. The number of hydrogen-bond donors (Lipinski definition) is 1. The fourth-order valence-electron chi connectivity index (χ4n) is 3.36. The Balaban J connectivity index is 1.45. The maximum atomic E-state index is 13.6. The lowest BCUT2D eigenvalue weighted by Gasteiger charge is -2.32. The number of hydrogen-bond acceptors (Lipinski definition) is 3. The molecule has 2 heterocycles. The van der Waals surface area contributed by atoms with Crippen LogP contribution >= 0.6 is 0 Å². The van der Waals surface area contributed by atoms with Crippen molar-refractivity contribution in [2.75, 3.05) is 18.4 Å². The number of carbonyl (C=O) groups excluding carboxylic acids is 1. The summed E-state index contributed by atoms with van der Waals surface area (Å²) in [5.74, 6) is -0.00849. The van der Waals surface area contributed by atoms with Crippen molar-refractivity contribution in [1.29, 1.82) is 0 Å². The number of piperidine rings is 1. The molecule has 1 aromatic heterocycles. The highest BCUT2D eigenvalue weighted by molar-refractivity contribution is 5.90. The van der Waals surface area contributed by atoms with Gasteiger partial charge in [0.15, 0.2) is 0 Å². The molecule has 0 aliphatic carbocycles. The second-order valence-electron chi connectivity index (χ2n) is 6.63. The van der Waals surface area contributed by atoms with Crippen LogP contribution in [0.25, 0.3) is 0 Å². The highest BCUT2D eigenvalue weighted by atomic mass is 19.1. The van der Waals surface area contributed by atoms with Crippen molar-refractivity contribution in [1.82, 2.24) is 9.88 Å². The number of nitrogens with one attached hydrogen (secondary N) is 1. The molecule has 132 valence electrons. The van der Waals surface area contributed by atoms with Crippen molar-refractivity contribution >= 4 is 11.6 Å². The number of rotatable bonds is 6. The van der Waals surface area contributed by atoms with Gasteiger partial charge < -0.3 is 5.32 Å². The molecule has 1 atom stereocenters. The van der Waals surface area contributed by atoms with Gasteiger partial charge in [-0.2, -0.15) is 0 Å². The van der Waals surface area contributed by atoms with Crippen LogP contribution in [0.4, 0.5) is 10.1 Å². The molecule has 1 fully saturated rings. The molecule has 3 rings (SSSR count). The summed E-state index contributed by atoms with van der Waals surface area (Å²) in [6.45, 7) is 2.93. The number of para-hydroxylation sites is 1. The molecule has 0 bridgehead atoms. The second kappa shape index (κ2) is 8.72. The van der Waals surface area contributed by atoms with Gasteiger partial charge in [0.1, 0.15) is 5.82 Å². The smallest absolute Gasteiger partial charge is 0.224 e. The summed E-state index contributed by atoms with van der Waals surface area (Å²) in [4.78, 5) is 18.9. The van der Waals surface area contributed by atoms with Crippen LogP contribution in [0.5, 0.6) is 0 Å². The van der Waals surface area contributed by atoms with E-state index in [9.17, 15) is 9.18 Å². The molecule has 1 saturated heterocycles. The number of nitrogens with zero attached hydrogens (tertiary/aromatic N) is 2. The highest BCUT2D eigenvalue weighted by Gasteiger charge is 2.21. The monoisotopic (exact) mass is 341 g/mol. The van der Waals surface area contributed by atoms with Gasteiger partial charge in [0.2, 0.25) is 5.91 Å². The van der Waals surface area contributed by atoms with Gasteiger partial charge in [-0.3, -0.25) is 14.7 Å². The van der Waals surface area contributed by atoms with Crippen LogP contribution in [-0.2, 0) is 11.3 Å². The number of benzene rings is 1. The van der Waals surface area contributed by atoms with E-state index >= 15 is 0 Å². The molecule has 1 aliphatic heterocycles. The first kappa shape index (κ1) is 17.5. The number of amides is 1. The molecule has 0 saturated carbocycles. The van der Waals surface area contributed by atoms with Gasteiger partial charge in [-0.25, -0.2) is 4.39 Å². The first-order chi connectivity index (χ1) is 12.2. The molecule has 0 unspecified atom stereocenters. The van der Waals surface area contributed by atoms with Crippen molar-refractivity contribution in [3.8, 4) is 0 Å². The highest BCUT2D eigenvalue weighted by Crippen LogP contribution is 2.22. The van der Waals surface area contributed by atoms with Gasteiger partial charge in [-0.1, -0.05) is 18.2 Å². The first-order valence-electron chi connectivity index (χ1n) is 8.87. The first-order valence-corrected chi connectivity index (χ1v) is 8.87. The molecular weight excluding hydrogens is 317 g/mol. The van der Waals surface area contributed by atoms with Crippen LogP contribution in [0.1, 0.15) is 31.4 Å². The third-order valence-electron chi connectivity index (χ3n) is 4.64. The van der Waals surface area contributed by atoms with Gasteiger partial charge in [-0.15, -0.1) is 0 Å². The van der Waals surface area contributed by atoms with E-state index in [2.05, 4.69) is 15.2 Å². The predicted molar refractivity (Wildman–Crippen MR) is 96.5 cm³/mol. The summed E-state index contributed by atoms with van der Waals surface area (Å²) < 4.78 is 13.6. The number of pyridine rings is 1. The van der Waals surface area contributed by atoms with Crippen molar-refractivity contribution in [2.45, 2.75) is 32.2 Å². The minimum atomic E-state index is -0.393. The Hall–Kier alpha value is -2.27. The lowest BCUT2D eigenvalue weighted by Crippen LogP contribution is -2.35. The number of carbonyl (C=O) groups is 1. The van der Waals surface area contributed by atoms with Crippen molar-refractivity contribution < 1.29 is 9.18 Å². The zero-order valence-electron chi connectivity index (χ0n) is 14.3. The van der Waals surface area contributed by atoms with E-state index in [1.54, 1.807) is 18.2 Å². The quantitative estimate of drug-likeness (QED) is 0.868. The predicted octanol–water partition coefficient (Wildman–Crippen LogP) is 3.85. The lowest BCUT2D eigenvalue weighted by molar-refractivity contribution is -0.116. The van der Waals surface area contributed by atoms with E-state index < -0.39 is 5.82 Å². The normalized spacial score (nSPS) is 18.0. The lowest BCUT2D eigenvalue weighted by atomic mass is 9.93. The average Bonchev–Trinajstić information content (AvgIpc) is 2.63. The summed E-state index contributed by atoms with van der Waals surface area (Å²) in [5.41, 5.74) is 1.34. The zero-order valence-corrected chi connectivity index (χ0v) is 14.3. The van der Waals surface area contributed by atoms with E-state index in [0.717, 1.165) is 44.6 Å². The van der Waals surface area contributed by atoms with Crippen LogP contribution in [0, 0.1) is 11.7 Å². The maximum Gasteiger partial charge on any atom is 0.224 e. The SMILES string of the molecule is O=C(CC[C@H]1CCCN(Cc2ccccn2)C1)Nc1ccccc1F. The summed E-state index contributed by atoms with van der Waals surface area (Å²) in [7, 11) is 0. The molecule has 2 aromatic rings. The van der Waals surface area contributed by atoms with Gasteiger partial charge in [0.05, 0.1) is 11.4 Å². The molecule has 4 nitrogen and oxygen atoms in total. The molecule has 0 spiro atoms. The molecular formula is C20H24FN3O. The largest absolute Gasteiger partial charge is 0.324 e. The zero-order chi connectivity index (χ0) is 17.5. The summed E-state index contributed by atoms with van der Waals surface area (Å²) in [6.07, 6.45) is 5.37. The maximum absolute atomic E-state index is 13.6. The Morgan fingerprint density at radius 1 is 1.24 bits per heavy atom. The molecule has 1 aliphatic rings. The van der Waals surface area contributed by atoms with E-state index in [1.807, 2.05) is 24.4 Å². The average molecular weight is 341 g/mol. The van der Waals surface area contributed by atoms with E-state index in [0.29, 0.717) is 12.3 Å². The number of likely N-dealkylation sites (tertiary alicyclic amines) is 1. The molecule has 1 amide bonds. The van der Waals surface area contributed by atoms with E-state index in [1.165, 1.54) is 6.07 Å². The fourth-order valence-corrected chi connectivity index (χ4v) is 3.36. The minimum Gasteiger partial charge on any atom is -0.324 e. The molecule has 1 N–H and O–H groups in total. The summed E-state index contributed by atoms with van der Waals surface area (Å²) in [6, 6.07) is 12.3. The van der Waals surface area contributed by atoms with Gasteiger partial charge in [0, 0.05) is 25.7 Å². The third kappa shape index (κ3) is 5.36. The van der Waals surface area contributed by atoms with Gasteiger partial charge in [0.25, 0.3) is 0 Å². The Labute approximate surface area is 148 Å². The molecule has 5 heteroatoms. The summed E-state index contributed by atoms with van der Waals surface area (Å²) >= 11 is 0. The van der Waals surface area contributed by atoms with Crippen LogP contribution in [0.15, 0.2) is 48.7 Å².